The minimum atomic E-state index is -1.08. The van der Waals surface area contributed by atoms with E-state index in [9.17, 15) is 14.7 Å². The number of nitrogens with zero attached hydrogens (tertiary/aromatic N) is 2. The number of ether oxygens (including phenoxy) is 5. The maximum atomic E-state index is 13.3. The Kier molecular flexibility index (Phi) is 15.4. The highest BCUT2D eigenvalue weighted by Crippen LogP contribution is 2.42. The number of Topliss-reactive ketones (excluding diaryl/α,β-unsaturated/α-hetero) is 1. The minimum Gasteiger partial charge on any atom is -0.478 e. The molecule has 0 saturated carbocycles. The fraction of sp³-hybridized carbons (Fsp3) is 0.447. The van der Waals surface area contributed by atoms with Crippen LogP contribution >= 0.6 is 0 Å². The van der Waals surface area contributed by atoms with E-state index in [-0.39, 0.29) is 17.8 Å². The number of anilines is 1. The summed E-state index contributed by atoms with van der Waals surface area (Å²) in [5, 5.41) is 11.9. The van der Waals surface area contributed by atoms with Crippen molar-refractivity contribution >= 4 is 28.4 Å². The van der Waals surface area contributed by atoms with Gasteiger partial charge in [0.2, 0.25) is 5.36 Å². The average Bonchev–Trinajstić information content (AvgIpc) is 3.10. The summed E-state index contributed by atoms with van der Waals surface area (Å²) >= 11 is 0. The highest BCUT2D eigenvalue weighted by atomic mass is 16.6. The van der Waals surface area contributed by atoms with Gasteiger partial charge in [-0.1, -0.05) is 6.07 Å². The molecular weight excluding hydrogens is 642 g/mol. The molecule has 0 fully saturated rings. The lowest BCUT2D eigenvalue weighted by molar-refractivity contribution is -0.0106. The molecule has 0 amide bonds. The second kappa shape index (κ2) is 19.9. The normalized spacial score (nSPS) is 11.4. The quantitative estimate of drug-likeness (QED) is 0.0534. The highest BCUT2D eigenvalue weighted by Gasteiger charge is 2.24. The maximum absolute atomic E-state index is 13.3. The smallest absolute Gasteiger partial charge is 0.336 e. The standard InChI is InChI=1S/C38H49N3O9/c1-40(2)28-8-11-31-35(25-28)50-36-26-29(41(3)4)9-12-32(36)37(31)33-24-27(7-10-30(33)38(43)44)34(42)6-5-14-45-16-18-47-20-22-49-23-21-48-19-17-46-15-13-39/h7-12,24-26H,5-6,13-23,39H2,1-4H3/p+1. The molecule has 2 aliphatic rings. The molecular formula is C38H50N3O9+. The molecule has 0 radical (unpaired) electrons. The molecule has 0 spiro atoms. The van der Waals surface area contributed by atoms with Crippen molar-refractivity contribution < 1.29 is 42.8 Å². The van der Waals surface area contributed by atoms with E-state index < -0.39 is 5.97 Å². The second-order valence-corrected chi connectivity index (χ2v) is 12.1. The van der Waals surface area contributed by atoms with Gasteiger partial charge in [-0.15, -0.1) is 0 Å². The number of hydrogen-bond acceptors (Lipinski definition) is 10. The van der Waals surface area contributed by atoms with Crippen LogP contribution in [0.4, 0.5) is 5.69 Å². The number of carbonyl (C=O) groups excluding carboxylic acids is 1. The summed E-state index contributed by atoms with van der Waals surface area (Å²) < 4.78 is 35.7. The molecule has 0 saturated heterocycles. The maximum Gasteiger partial charge on any atom is 0.336 e. The molecule has 0 unspecified atom stereocenters. The summed E-state index contributed by atoms with van der Waals surface area (Å²) in [5.74, 6) is -0.555. The largest absolute Gasteiger partial charge is 0.478 e. The molecule has 3 N–H and O–H groups in total. The monoisotopic (exact) mass is 692 g/mol. The Morgan fingerprint density at radius 1 is 0.760 bits per heavy atom. The van der Waals surface area contributed by atoms with E-state index in [2.05, 4.69) is 0 Å². The highest BCUT2D eigenvalue weighted by molar-refractivity contribution is 6.09. The molecule has 0 atom stereocenters. The summed E-state index contributed by atoms with van der Waals surface area (Å²) in [7, 11) is 7.80. The fourth-order valence-electron chi connectivity index (χ4n) is 5.37. The summed E-state index contributed by atoms with van der Waals surface area (Å²) in [5.41, 5.74) is 9.38. The number of aromatic carboxylic acids is 1. The first-order valence-electron chi connectivity index (χ1n) is 16.9. The van der Waals surface area contributed by atoms with Crippen LogP contribution in [0.5, 0.6) is 0 Å². The van der Waals surface area contributed by atoms with Crippen LogP contribution < -0.4 is 20.6 Å². The van der Waals surface area contributed by atoms with Gasteiger partial charge in [-0.2, -0.15) is 0 Å². The molecule has 1 aliphatic carbocycles. The second-order valence-electron chi connectivity index (χ2n) is 12.1. The molecule has 2 aromatic carbocycles. The molecule has 12 nitrogen and oxygen atoms in total. The first-order chi connectivity index (χ1) is 24.2. The van der Waals surface area contributed by atoms with Crippen molar-refractivity contribution in [1.29, 1.82) is 0 Å². The van der Waals surface area contributed by atoms with Crippen LogP contribution in [-0.4, -0.2) is 118 Å². The third-order valence-corrected chi connectivity index (χ3v) is 8.01. The molecule has 2 aromatic rings. The summed E-state index contributed by atoms with van der Waals surface area (Å²) in [6.07, 6.45) is 0.775. The molecule has 0 bridgehead atoms. The van der Waals surface area contributed by atoms with Crippen molar-refractivity contribution in [2.75, 3.05) is 106 Å². The summed E-state index contributed by atoms with van der Waals surface area (Å²) in [6.45, 7) is 5.17. The summed E-state index contributed by atoms with van der Waals surface area (Å²) in [4.78, 5) is 27.8. The Morgan fingerprint density at radius 3 is 1.96 bits per heavy atom. The van der Waals surface area contributed by atoms with E-state index in [0.29, 0.717) is 107 Å². The molecule has 0 aromatic heterocycles. The lowest BCUT2D eigenvalue weighted by atomic mass is 9.88. The van der Waals surface area contributed by atoms with Gasteiger partial charge in [0.25, 0.3) is 0 Å². The van der Waals surface area contributed by atoms with Gasteiger partial charge in [-0.25, -0.2) is 9.37 Å². The van der Waals surface area contributed by atoms with E-state index in [4.69, 9.17) is 33.8 Å². The van der Waals surface area contributed by atoms with Gasteiger partial charge in [-0.3, -0.25) is 4.79 Å². The molecule has 4 rings (SSSR count). The van der Waals surface area contributed by atoms with Crippen molar-refractivity contribution in [2.24, 2.45) is 5.73 Å². The van der Waals surface area contributed by atoms with Gasteiger partial charge in [0, 0.05) is 73.6 Å². The van der Waals surface area contributed by atoms with E-state index >= 15 is 0 Å². The van der Waals surface area contributed by atoms with Gasteiger partial charge >= 0.3 is 5.97 Å². The Labute approximate surface area is 293 Å². The zero-order valence-electron chi connectivity index (χ0n) is 29.6. The third kappa shape index (κ3) is 10.9. The number of benzene rings is 3. The van der Waals surface area contributed by atoms with Crippen LogP contribution in [0, 0.1) is 0 Å². The lowest BCUT2D eigenvalue weighted by Crippen LogP contribution is -2.21. The van der Waals surface area contributed by atoms with Crippen LogP contribution in [0.15, 0.2) is 59.0 Å². The van der Waals surface area contributed by atoms with E-state index in [1.165, 1.54) is 6.07 Å². The number of fused-ring (bicyclic) bond motifs is 2. The number of carboxylic acids is 1. The minimum absolute atomic E-state index is 0.0914. The van der Waals surface area contributed by atoms with Crippen LogP contribution in [0.1, 0.15) is 33.6 Å². The van der Waals surface area contributed by atoms with Crippen molar-refractivity contribution in [3.63, 3.8) is 0 Å². The zero-order chi connectivity index (χ0) is 35.9. The first kappa shape index (κ1) is 38.6. The topological polar surface area (TPSA) is 146 Å². The number of ketones is 1. The van der Waals surface area contributed by atoms with Gasteiger partial charge < -0.3 is 43.8 Å². The van der Waals surface area contributed by atoms with Crippen LogP contribution in [0.2, 0.25) is 0 Å². The number of rotatable bonds is 22. The number of hydrogen-bond donors (Lipinski definition) is 2. The van der Waals surface area contributed by atoms with Crippen LogP contribution in [0.3, 0.4) is 0 Å². The first-order valence-corrected chi connectivity index (χ1v) is 16.9. The molecule has 12 heteroatoms. The van der Waals surface area contributed by atoms with E-state index in [0.717, 1.165) is 22.0 Å². The fourth-order valence-corrected chi connectivity index (χ4v) is 5.37. The zero-order valence-corrected chi connectivity index (χ0v) is 29.6. The number of carbonyl (C=O) groups is 2. The Morgan fingerprint density at radius 2 is 1.38 bits per heavy atom. The van der Waals surface area contributed by atoms with Gasteiger partial charge in [0.1, 0.15) is 25.4 Å². The summed E-state index contributed by atoms with van der Waals surface area (Å²) in [6, 6.07) is 16.5. The van der Waals surface area contributed by atoms with Crippen LogP contribution in [0.25, 0.3) is 33.4 Å². The number of nitrogens with two attached hydrogens (primary N) is 1. The average molecular weight is 693 g/mol. The molecule has 270 valence electrons. The Hall–Kier alpha value is -4.17. The van der Waals surface area contributed by atoms with Crippen molar-refractivity contribution in [1.82, 2.24) is 4.58 Å². The van der Waals surface area contributed by atoms with Gasteiger partial charge in [0.05, 0.1) is 71.1 Å². The SMILES string of the molecule is CN(C)c1ccc2c(-c3cc(C(=O)CCCOCCOCCOCCOCCOCCN)ccc3C(=O)O)c3ccc(=[N+](C)C)cc-3oc2c1. The van der Waals surface area contributed by atoms with Crippen molar-refractivity contribution in [3.8, 4) is 22.5 Å². The van der Waals surface area contributed by atoms with Gasteiger partial charge in [-0.05, 0) is 42.3 Å². The molecule has 50 heavy (non-hydrogen) atoms. The number of carboxylic acid groups (broad SMARTS) is 1. The van der Waals surface area contributed by atoms with Crippen LogP contribution in [-0.2, 0) is 23.7 Å². The lowest BCUT2D eigenvalue weighted by Gasteiger charge is -2.19. The van der Waals surface area contributed by atoms with Crippen molar-refractivity contribution in [2.45, 2.75) is 12.8 Å². The molecule has 1 aliphatic heterocycles. The Balaban J connectivity index is 1.36. The van der Waals surface area contributed by atoms with Gasteiger partial charge in [0.15, 0.2) is 5.78 Å². The predicted octanol–water partition coefficient (Wildman–Crippen LogP) is 4.01. The predicted molar refractivity (Wildman–Crippen MR) is 193 cm³/mol. The molecule has 1 heterocycles. The van der Waals surface area contributed by atoms with Crippen molar-refractivity contribution in [3.05, 3.63) is 71.1 Å². The Bertz CT molecular complexity index is 1750. The van der Waals surface area contributed by atoms with E-state index in [1.54, 1.807) is 12.1 Å². The third-order valence-electron chi connectivity index (χ3n) is 8.01. The van der Waals surface area contributed by atoms with E-state index in [1.807, 2.05) is 74.1 Å².